The van der Waals surface area contributed by atoms with Crippen LogP contribution < -0.4 is 10.6 Å². The second kappa shape index (κ2) is 8.28. The molecule has 2 aliphatic rings. The van der Waals surface area contributed by atoms with E-state index in [0.717, 1.165) is 12.8 Å². The number of fused-ring (bicyclic) bond motifs is 2. The first-order valence-electron chi connectivity index (χ1n) is 10.5. The number of amides is 3. The van der Waals surface area contributed by atoms with Gasteiger partial charge in [-0.15, -0.1) is 0 Å². The monoisotopic (exact) mass is 449 g/mol. The Morgan fingerprint density at radius 3 is 2.47 bits per heavy atom. The van der Waals surface area contributed by atoms with Crippen molar-refractivity contribution in [2.24, 2.45) is 0 Å². The van der Waals surface area contributed by atoms with Gasteiger partial charge >= 0.3 is 6.03 Å². The van der Waals surface area contributed by atoms with Crippen LogP contribution in [0.25, 0.3) is 0 Å². The maximum Gasteiger partial charge on any atom is 0.321 e. The average molecular weight is 450 g/mol. The van der Waals surface area contributed by atoms with Crippen LogP contribution in [-0.4, -0.2) is 29.9 Å². The van der Waals surface area contributed by atoms with E-state index in [1.165, 1.54) is 29.3 Å². The number of nitrogens with one attached hydrogen (secondary N) is 2. The van der Waals surface area contributed by atoms with Gasteiger partial charge in [0.2, 0.25) is 0 Å². The molecule has 5 rings (SSSR count). The average Bonchev–Trinajstić information content (AvgIpc) is 2.99. The van der Waals surface area contributed by atoms with Gasteiger partial charge in [0.05, 0.1) is 6.04 Å². The largest absolute Gasteiger partial charge is 0.341 e. The molecular formula is C25H21ClFN3O2. The smallest absolute Gasteiger partial charge is 0.321 e. The maximum absolute atomic E-state index is 13.9. The summed E-state index contributed by atoms with van der Waals surface area (Å²) in [5.74, 6) is -0.732. The van der Waals surface area contributed by atoms with Gasteiger partial charge in [-0.3, -0.25) is 4.79 Å². The van der Waals surface area contributed by atoms with Gasteiger partial charge in [0, 0.05) is 40.5 Å². The van der Waals surface area contributed by atoms with Crippen molar-refractivity contribution in [1.29, 1.82) is 0 Å². The highest BCUT2D eigenvalue weighted by Gasteiger charge is 2.34. The first kappa shape index (κ1) is 20.5. The van der Waals surface area contributed by atoms with Gasteiger partial charge in [0.1, 0.15) is 5.82 Å². The molecule has 1 atom stereocenters. The molecule has 32 heavy (non-hydrogen) atoms. The molecular weight excluding hydrogens is 429 g/mol. The van der Waals surface area contributed by atoms with Crippen LogP contribution >= 0.6 is 11.6 Å². The summed E-state index contributed by atoms with van der Waals surface area (Å²) in [6.07, 6.45) is 1.58. The van der Waals surface area contributed by atoms with E-state index in [2.05, 4.69) is 22.8 Å². The molecule has 0 radical (unpaired) electrons. The molecule has 3 aromatic carbocycles. The number of halogens is 2. The lowest BCUT2D eigenvalue weighted by atomic mass is 9.96. The van der Waals surface area contributed by atoms with E-state index in [0.29, 0.717) is 40.5 Å². The third-order valence-corrected chi connectivity index (χ3v) is 6.48. The Morgan fingerprint density at radius 2 is 1.75 bits per heavy atom. The SMILES string of the molecule is O=C1NC(c2cc(F)ccc2Cl)c2c(NC(=O)N3CCc4ccccc4CC3)cccc21. The maximum atomic E-state index is 13.9. The van der Waals surface area contributed by atoms with Crippen molar-refractivity contribution in [1.82, 2.24) is 10.2 Å². The quantitative estimate of drug-likeness (QED) is 0.581. The second-order valence-electron chi connectivity index (χ2n) is 8.03. The third-order valence-electron chi connectivity index (χ3n) is 6.13. The van der Waals surface area contributed by atoms with Gasteiger partial charge in [-0.25, -0.2) is 9.18 Å². The van der Waals surface area contributed by atoms with Crippen molar-refractivity contribution in [2.75, 3.05) is 18.4 Å². The highest BCUT2D eigenvalue weighted by Crippen LogP contribution is 2.39. The Labute approximate surface area is 190 Å². The molecule has 0 spiro atoms. The molecule has 3 aromatic rings. The summed E-state index contributed by atoms with van der Waals surface area (Å²) < 4.78 is 13.9. The summed E-state index contributed by atoms with van der Waals surface area (Å²) in [4.78, 5) is 27.5. The van der Waals surface area contributed by atoms with E-state index in [4.69, 9.17) is 11.6 Å². The number of nitrogens with zero attached hydrogens (tertiary/aromatic N) is 1. The molecule has 2 heterocycles. The number of rotatable bonds is 2. The lowest BCUT2D eigenvalue weighted by Gasteiger charge is -2.23. The standard InChI is InChI=1S/C25H21ClFN3O2/c26-20-9-8-17(27)14-19(20)23-22-18(24(31)29-23)6-3-7-21(22)28-25(32)30-12-10-15-4-1-2-5-16(15)11-13-30/h1-9,14,23H,10-13H2,(H,28,32)(H,29,31). The third kappa shape index (κ3) is 3.71. The Hall–Kier alpha value is -3.38. The molecule has 0 saturated heterocycles. The molecule has 0 aliphatic carbocycles. The van der Waals surface area contributed by atoms with Crippen molar-refractivity contribution in [3.8, 4) is 0 Å². The minimum Gasteiger partial charge on any atom is -0.341 e. The number of benzene rings is 3. The van der Waals surface area contributed by atoms with E-state index in [9.17, 15) is 14.0 Å². The molecule has 0 saturated carbocycles. The van der Waals surface area contributed by atoms with Gasteiger partial charge < -0.3 is 15.5 Å². The zero-order chi connectivity index (χ0) is 22.2. The Balaban J connectivity index is 1.43. The molecule has 7 heteroatoms. The Bertz CT molecular complexity index is 1200. The number of carbonyl (C=O) groups is 2. The molecule has 2 N–H and O–H groups in total. The minimum absolute atomic E-state index is 0.227. The molecule has 0 aromatic heterocycles. The van der Waals surface area contributed by atoms with Crippen molar-refractivity contribution >= 4 is 29.2 Å². The summed E-state index contributed by atoms with van der Waals surface area (Å²) in [6, 6.07) is 16.6. The fraction of sp³-hybridized carbons (Fsp3) is 0.200. The van der Waals surface area contributed by atoms with Crippen molar-refractivity contribution in [3.63, 3.8) is 0 Å². The lowest BCUT2D eigenvalue weighted by molar-refractivity contribution is 0.0960. The van der Waals surface area contributed by atoms with Crippen LogP contribution in [0, 0.1) is 5.82 Å². The first-order valence-corrected chi connectivity index (χ1v) is 10.9. The minimum atomic E-state index is -0.648. The predicted molar refractivity (Wildman–Crippen MR) is 122 cm³/mol. The Morgan fingerprint density at radius 1 is 1.03 bits per heavy atom. The summed E-state index contributed by atoms with van der Waals surface area (Å²) in [5, 5.41) is 6.19. The number of hydrogen-bond acceptors (Lipinski definition) is 2. The van der Waals surface area contributed by atoms with E-state index < -0.39 is 11.9 Å². The van der Waals surface area contributed by atoms with Crippen LogP contribution in [0.1, 0.15) is 38.7 Å². The number of urea groups is 1. The van der Waals surface area contributed by atoms with E-state index in [-0.39, 0.29) is 11.9 Å². The van der Waals surface area contributed by atoms with Crippen molar-refractivity contribution < 1.29 is 14.0 Å². The van der Waals surface area contributed by atoms with Gasteiger partial charge in [0.15, 0.2) is 0 Å². The van der Waals surface area contributed by atoms with Crippen LogP contribution in [0.5, 0.6) is 0 Å². The van der Waals surface area contributed by atoms with E-state index in [1.807, 2.05) is 12.1 Å². The van der Waals surface area contributed by atoms with Gasteiger partial charge in [-0.2, -0.15) is 0 Å². The van der Waals surface area contributed by atoms with Gasteiger partial charge in [0.25, 0.3) is 5.91 Å². The number of hydrogen-bond donors (Lipinski definition) is 2. The molecule has 5 nitrogen and oxygen atoms in total. The lowest BCUT2D eigenvalue weighted by Crippen LogP contribution is -2.37. The fourth-order valence-electron chi connectivity index (χ4n) is 4.50. The molecule has 3 amide bonds. The van der Waals surface area contributed by atoms with Crippen LogP contribution in [-0.2, 0) is 12.8 Å². The van der Waals surface area contributed by atoms with E-state index in [1.54, 1.807) is 23.1 Å². The molecule has 162 valence electrons. The summed E-state index contributed by atoms with van der Waals surface area (Å²) in [6.45, 7) is 1.21. The highest BCUT2D eigenvalue weighted by atomic mass is 35.5. The second-order valence-corrected chi connectivity index (χ2v) is 8.43. The van der Waals surface area contributed by atoms with Gasteiger partial charge in [-0.1, -0.05) is 41.9 Å². The zero-order valence-electron chi connectivity index (χ0n) is 17.2. The van der Waals surface area contributed by atoms with Crippen LogP contribution in [0.3, 0.4) is 0 Å². The van der Waals surface area contributed by atoms with Gasteiger partial charge in [-0.05, 0) is 54.3 Å². The summed E-state index contributed by atoms with van der Waals surface area (Å²) in [7, 11) is 0. The predicted octanol–water partition coefficient (Wildman–Crippen LogP) is 4.94. The topological polar surface area (TPSA) is 61.4 Å². The summed E-state index contributed by atoms with van der Waals surface area (Å²) in [5.41, 5.74) is 4.52. The van der Waals surface area contributed by atoms with E-state index >= 15 is 0 Å². The molecule has 1 unspecified atom stereocenters. The molecule has 2 aliphatic heterocycles. The van der Waals surface area contributed by atoms with Crippen LogP contribution in [0.15, 0.2) is 60.7 Å². The van der Waals surface area contributed by atoms with Crippen LogP contribution in [0.2, 0.25) is 5.02 Å². The normalized spacial score (nSPS) is 17.2. The number of anilines is 1. The highest BCUT2D eigenvalue weighted by molar-refractivity contribution is 6.31. The number of carbonyl (C=O) groups excluding carboxylic acids is 2. The van der Waals surface area contributed by atoms with Crippen molar-refractivity contribution in [2.45, 2.75) is 18.9 Å². The zero-order valence-corrected chi connectivity index (χ0v) is 18.0. The fourth-order valence-corrected chi connectivity index (χ4v) is 4.73. The van der Waals surface area contributed by atoms with Crippen LogP contribution in [0.4, 0.5) is 14.9 Å². The first-order chi connectivity index (χ1) is 15.5. The molecule has 0 bridgehead atoms. The summed E-state index contributed by atoms with van der Waals surface area (Å²) >= 11 is 6.32. The van der Waals surface area contributed by atoms with Crippen molar-refractivity contribution in [3.05, 3.63) is 99.3 Å². The Kier molecular flexibility index (Phi) is 5.31. The molecule has 0 fully saturated rings.